The highest BCUT2D eigenvalue weighted by Gasteiger charge is 2.48. The summed E-state index contributed by atoms with van der Waals surface area (Å²) in [7, 11) is 0. The summed E-state index contributed by atoms with van der Waals surface area (Å²) < 4.78 is 0. The van der Waals surface area contributed by atoms with Crippen molar-refractivity contribution in [1.82, 2.24) is 4.90 Å². The van der Waals surface area contributed by atoms with Gasteiger partial charge in [0.1, 0.15) is 0 Å². The Morgan fingerprint density at radius 2 is 1.85 bits per heavy atom. The second-order valence-corrected chi connectivity index (χ2v) is 8.81. The molecule has 2 heterocycles. The minimum absolute atomic E-state index is 0.136. The summed E-state index contributed by atoms with van der Waals surface area (Å²) in [6.45, 7) is 4.32. The summed E-state index contributed by atoms with van der Waals surface area (Å²) in [6, 6.07) is 18.0. The molecule has 0 amide bonds. The number of benzene rings is 2. The van der Waals surface area contributed by atoms with Crippen molar-refractivity contribution < 1.29 is 9.90 Å². The molecule has 2 aliphatic heterocycles. The predicted molar refractivity (Wildman–Crippen MR) is 112 cm³/mol. The minimum atomic E-state index is -0.926. The molecular weight excluding hydrogens is 378 g/mol. The Morgan fingerprint density at radius 3 is 2.48 bits per heavy atom. The first-order valence-electron chi connectivity index (χ1n) is 8.81. The number of thioether (sulfide) groups is 1. The first-order chi connectivity index (χ1) is 12.9. The third kappa shape index (κ3) is 3.17. The van der Waals surface area contributed by atoms with Crippen LogP contribution in [0.3, 0.4) is 0 Å². The van der Waals surface area contributed by atoms with E-state index in [9.17, 15) is 9.90 Å². The van der Waals surface area contributed by atoms with Crippen LogP contribution in [0.2, 0.25) is 5.02 Å². The molecular formula is C22H20ClNO2S. The van der Waals surface area contributed by atoms with Crippen molar-refractivity contribution in [1.29, 1.82) is 0 Å². The molecule has 0 radical (unpaired) electrons. The minimum Gasteiger partial charge on any atom is -0.478 e. The molecule has 0 saturated carbocycles. The summed E-state index contributed by atoms with van der Waals surface area (Å²) in [5.41, 5.74) is 4.00. The molecule has 1 N–H and O–H groups in total. The van der Waals surface area contributed by atoms with Gasteiger partial charge in [-0.3, -0.25) is 0 Å². The van der Waals surface area contributed by atoms with Gasteiger partial charge >= 0.3 is 5.97 Å². The van der Waals surface area contributed by atoms with E-state index in [4.69, 9.17) is 11.6 Å². The number of hydrogen-bond donors (Lipinski definition) is 1. The Morgan fingerprint density at radius 1 is 1.19 bits per heavy atom. The SMILES string of the molecule is CC1(C)CSC2=C(c3ccccc3)C(c3ccc(Cl)cc3)C(=CC(=O)O)N21. The maximum atomic E-state index is 11.7. The number of rotatable bonds is 3. The van der Waals surface area contributed by atoms with Crippen LogP contribution < -0.4 is 0 Å². The molecule has 1 fully saturated rings. The maximum Gasteiger partial charge on any atom is 0.330 e. The van der Waals surface area contributed by atoms with Crippen molar-refractivity contribution >= 4 is 34.9 Å². The standard InChI is InChI=1S/C22H20ClNO2S/c1-22(2)13-27-21-20(14-6-4-3-5-7-14)19(15-8-10-16(23)11-9-15)17(24(21)22)12-18(25)26/h3-12,19H,13H2,1-2H3,(H,25,26). The van der Waals surface area contributed by atoms with Crippen LogP contribution in [0.1, 0.15) is 30.9 Å². The smallest absolute Gasteiger partial charge is 0.330 e. The fourth-order valence-electron chi connectivity index (χ4n) is 3.89. The Bertz CT molecular complexity index is 948. The van der Waals surface area contributed by atoms with Crippen molar-refractivity contribution in [2.24, 2.45) is 0 Å². The van der Waals surface area contributed by atoms with Gasteiger partial charge < -0.3 is 10.0 Å². The zero-order chi connectivity index (χ0) is 19.2. The molecule has 1 unspecified atom stereocenters. The van der Waals surface area contributed by atoms with Gasteiger partial charge in [0.2, 0.25) is 0 Å². The molecule has 0 spiro atoms. The predicted octanol–water partition coefficient (Wildman–Crippen LogP) is 5.60. The van der Waals surface area contributed by atoms with E-state index in [1.54, 1.807) is 11.8 Å². The number of hydrogen-bond acceptors (Lipinski definition) is 3. The van der Waals surface area contributed by atoms with Gasteiger partial charge in [0.15, 0.2) is 0 Å². The van der Waals surface area contributed by atoms with Crippen LogP contribution in [0.15, 0.2) is 71.4 Å². The van der Waals surface area contributed by atoms with Gasteiger partial charge in [0.25, 0.3) is 0 Å². The zero-order valence-electron chi connectivity index (χ0n) is 15.1. The molecule has 1 saturated heterocycles. The zero-order valence-corrected chi connectivity index (χ0v) is 16.7. The summed E-state index contributed by atoms with van der Waals surface area (Å²) >= 11 is 7.90. The highest BCUT2D eigenvalue weighted by molar-refractivity contribution is 8.03. The molecule has 4 rings (SSSR count). The second-order valence-electron chi connectivity index (χ2n) is 7.41. The molecule has 0 aliphatic carbocycles. The molecule has 0 aromatic heterocycles. The Kier molecular flexibility index (Phi) is 4.57. The van der Waals surface area contributed by atoms with Gasteiger partial charge in [0.05, 0.1) is 10.9 Å². The average Bonchev–Trinajstić information content (AvgIpc) is 3.11. The molecule has 0 bridgehead atoms. The summed E-state index contributed by atoms with van der Waals surface area (Å²) in [6.07, 6.45) is 1.36. The Labute approximate surface area is 168 Å². The maximum absolute atomic E-state index is 11.7. The fraction of sp³-hybridized carbons (Fsp3) is 0.227. The molecule has 2 aromatic carbocycles. The molecule has 1 atom stereocenters. The number of halogens is 1. The normalized spacial score (nSPS) is 22.4. The van der Waals surface area contributed by atoms with Gasteiger partial charge in [-0.05, 0) is 37.1 Å². The number of carboxylic acids is 1. The molecule has 27 heavy (non-hydrogen) atoms. The van der Waals surface area contributed by atoms with Gasteiger partial charge in [-0.2, -0.15) is 0 Å². The third-order valence-corrected chi connectivity index (χ3v) is 6.78. The van der Waals surface area contributed by atoms with E-state index >= 15 is 0 Å². The van der Waals surface area contributed by atoms with Crippen molar-refractivity contribution in [2.45, 2.75) is 25.3 Å². The van der Waals surface area contributed by atoms with E-state index in [0.717, 1.165) is 27.6 Å². The van der Waals surface area contributed by atoms with E-state index < -0.39 is 5.97 Å². The number of allylic oxidation sites excluding steroid dienone is 1. The largest absolute Gasteiger partial charge is 0.478 e. The number of nitrogens with zero attached hydrogens (tertiary/aromatic N) is 1. The third-order valence-electron chi connectivity index (χ3n) is 5.00. The van der Waals surface area contributed by atoms with Crippen molar-refractivity contribution in [3.8, 4) is 0 Å². The van der Waals surface area contributed by atoms with Crippen LogP contribution in [0.25, 0.3) is 5.57 Å². The number of aliphatic carboxylic acids is 1. The topological polar surface area (TPSA) is 40.5 Å². The van der Waals surface area contributed by atoms with Gasteiger partial charge in [-0.25, -0.2) is 4.79 Å². The summed E-state index contributed by atoms with van der Waals surface area (Å²) in [4.78, 5) is 13.9. The fourth-order valence-corrected chi connectivity index (χ4v) is 5.51. The van der Waals surface area contributed by atoms with Gasteiger partial charge in [-0.1, -0.05) is 54.1 Å². The molecule has 2 aliphatic rings. The number of fused-ring (bicyclic) bond motifs is 1. The first-order valence-corrected chi connectivity index (χ1v) is 10.2. The van der Waals surface area contributed by atoms with Crippen molar-refractivity contribution in [2.75, 3.05) is 5.75 Å². The first kappa shape index (κ1) is 18.2. The lowest BCUT2D eigenvalue weighted by atomic mass is 9.86. The molecule has 138 valence electrons. The molecule has 2 aromatic rings. The van der Waals surface area contributed by atoms with E-state index in [-0.39, 0.29) is 11.5 Å². The van der Waals surface area contributed by atoms with E-state index in [1.807, 2.05) is 42.5 Å². The molecule has 5 heteroatoms. The van der Waals surface area contributed by atoms with Crippen molar-refractivity contribution in [3.63, 3.8) is 0 Å². The Balaban J connectivity index is 1.98. The lowest BCUT2D eigenvalue weighted by molar-refractivity contribution is -0.131. The number of carboxylic acid groups (broad SMARTS) is 1. The lowest BCUT2D eigenvalue weighted by Crippen LogP contribution is -2.38. The highest BCUT2D eigenvalue weighted by atomic mass is 35.5. The van der Waals surface area contributed by atoms with Crippen LogP contribution in [0.4, 0.5) is 0 Å². The average molecular weight is 398 g/mol. The van der Waals surface area contributed by atoms with Crippen LogP contribution in [-0.4, -0.2) is 27.3 Å². The molecule has 3 nitrogen and oxygen atoms in total. The summed E-state index contributed by atoms with van der Waals surface area (Å²) in [5.74, 6) is -0.142. The lowest BCUT2D eigenvalue weighted by Gasteiger charge is -2.33. The van der Waals surface area contributed by atoms with Crippen molar-refractivity contribution in [3.05, 3.63) is 87.5 Å². The Hall–Kier alpha value is -2.17. The van der Waals surface area contributed by atoms with Crippen LogP contribution >= 0.6 is 23.4 Å². The quantitative estimate of drug-likeness (QED) is 0.684. The monoisotopic (exact) mass is 397 g/mol. The van der Waals surface area contributed by atoms with E-state index in [2.05, 4.69) is 30.9 Å². The van der Waals surface area contributed by atoms with E-state index in [0.29, 0.717) is 5.02 Å². The van der Waals surface area contributed by atoms with Crippen LogP contribution in [0, 0.1) is 0 Å². The second kappa shape index (κ2) is 6.77. The van der Waals surface area contributed by atoms with Crippen LogP contribution in [-0.2, 0) is 4.79 Å². The highest BCUT2D eigenvalue weighted by Crippen LogP contribution is 2.58. The van der Waals surface area contributed by atoms with Gasteiger partial charge in [0, 0.05) is 33.7 Å². The number of carbonyl (C=O) groups is 1. The van der Waals surface area contributed by atoms with Gasteiger partial charge in [-0.15, -0.1) is 11.8 Å². The van der Waals surface area contributed by atoms with Crippen LogP contribution in [0.5, 0.6) is 0 Å². The summed E-state index contributed by atoms with van der Waals surface area (Å²) in [5, 5.41) is 11.4. The van der Waals surface area contributed by atoms with E-state index in [1.165, 1.54) is 11.6 Å².